The maximum Gasteiger partial charge on any atom is 0.380 e. The molecule has 4 atom stereocenters. The standard InChI is InChI=1S/C21H20O6/c22-18(15-9-5-2-6-10-15)21(23)27-17-13-26-19-16(12-25-20(17)19)24-11-14-7-3-1-4-8-14/h1-10,16-17,19-20H,11-13H2/t16-,17+,19+,20+/m0/s1. The second-order valence-corrected chi connectivity index (χ2v) is 6.57. The predicted molar refractivity (Wildman–Crippen MR) is 95.2 cm³/mol. The number of Topliss-reactive ketones (excluding diaryl/α,β-unsaturated/α-hetero) is 1. The van der Waals surface area contributed by atoms with Gasteiger partial charge in [0.2, 0.25) is 0 Å². The molecule has 2 fully saturated rings. The highest BCUT2D eigenvalue weighted by atomic mass is 16.7. The first-order valence-electron chi connectivity index (χ1n) is 8.91. The second kappa shape index (κ2) is 8.00. The molecule has 2 heterocycles. The van der Waals surface area contributed by atoms with Crippen LogP contribution < -0.4 is 0 Å². The molecule has 0 unspecified atom stereocenters. The van der Waals surface area contributed by atoms with Gasteiger partial charge in [0.1, 0.15) is 18.3 Å². The zero-order chi connectivity index (χ0) is 18.6. The molecule has 0 N–H and O–H groups in total. The van der Waals surface area contributed by atoms with Crippen LogP contribution in [0.3, 0.4) is 0 Å². The van der Waals surface area contributed by atoms with Crippen molar-refractivity contribution in [1.82, 2.24) is 0 Å². The van der Waals surface area contributed by atoms with E-state index in [1.165, 1.54) is 0 Å². The van der Waals surface area contributed by atoms with E-state index in [2.05, 4.69) is 0 Å². The van der Waals surface area contributed by atoms with Gasteiger partial charge in [-0.25, -0.2) is 4.79 Å². The minimum atomic E-state index is -0.896. The van der Waals surface area contributed by atoms with Gasteiger partial charge in [0, 0.05) is 5.56 Å². The number of ketones is 1. The van der Waals surface area contributed by atoms with Crippen LogP contribution >= 0.6 is 0 Å². The molecule has 0 radical (unpaired) electrons. The molecule has 2 aliphatic heterocycles. The van der Waals surface area contributed by atoms with E-state index in [0.29, 0.717) is 18.8 Å². The molecule has 0 aliphatic carbocycles. The topological polar surface area (TPSA) is 71.1 Å². The Morgan fingerprint density at radius 2 is 1.44 bits per heavy atom. The van der Waals surface area contributed by atoms with Gasteiger partial charge in [0.05, 0.1) is 19.8 Å². The van der Waals surface area contributed by atoms with Gasteiger partial charge in [-0.2, -0.15) is 0 Å². The number of hydrogen-bond acceptors (Lipinski definition) is 6. The van der Waals surface area contributed by atoms with E-state index in [9.17, 15) is 9.59 Å². The Morgan fingerprint density at radius 3 is 2.15 bits per heavy atom. The number of fused-ring (bicyclic) bond motifs is 1. The molecule has 0 aromatic heterocycles. The second-order valence-electron chi connectivity index (χ2n) is 6.57. The van der Waals surface area contributed by atoms with Crippen molar-refractivity contribution in [2.24, 2.45) is 0 Å². The minimum absolute atomic E-state index is 0.189. The van der Waals surface area contributed by atoms with Crippen molar-refractivity contribution in [3.8, 4) is 0 Å². The maximum absolute atomic E-state index is 12.2. The Labute approximate surface area is 157 Å². The van der Waals surface area contributed by atoms with E-state index in [4.69, 9.17) is 18.9 Å². The summed E-state index contributed by atoms with van der Waals surface area (Å²) in [5.74, 6) is -1.57. The zero-order valence-electron chi connectivity index (χ0n) is 14.7. The SMILES string of the molecule is O=C(O[C@@H]1CO[C@H]2[C@@H]1OC[C@@H]2OCc1ccccc1)C(=O)c1ccccc1. The molecule has 140 valence electrons. The van der Waals surface area contributed by atoms with Crippen LogP contribution in [0.15, 0.2) is 60.7 Å². The van der Waals surface area contributed by atoms with Gasteiger partial charge >= 0.3 is 5.97 Å². The molecule has 2 aromatic rings. The number of benzene rings is 2. The van der Waals surface area contributed by atoms with Crippen LogP contribution in [-0.2, 0) is 30.3 Å². The molecule has 2 saturated heterocycles. The fourth-order valence-corrected chi connectivity index (χ4v) is 3.35. The zero-order valence-corrected chi connectivity index (χ0v) is 14.7. The number of ether oxygens (including phenoxy) is 4. The summed E-state index contributed by atoms with van der Waals surface area (Å²) >= 11 is 0. The summed E-state index contributed by atoms with van der Waals surface area (Å²) < 4.78 is 22.8. The largest absolute Gasteiger partial charge is 0.451 e. The van der Waals surface area contributed by atoms with Crippen LogP contribution in [0.2, 0.25) is 0 Å². The lowest BCUT2D eigenvalue weighted by Gasteiger charge is -2.17. The predicted octanol–water partition coefficient (Wildman–Crippen LogP) is 2.16. The lowest BCUT2D eigenvalue weighted by atomic mass is 10.1. The Hall–Kier alpha value is -2.54. The molecular weight excluding hydrogens is 348 g/mol. The highest BCUT2D eigenvalue weighted by Crippen LogP contribution is 2.31. The van der Waals surface area contributed by atoms with Gasteiger partial charge in [-0.15, -0.1) is 0 Å². The van der Waals surface area contributed by atoms with Gasteiger partial charge in [0.15, 0.2) is 6.10 Å². The monoisotopic (exact) mass is 368 g/mol. The number of rotatable bonds is 6. The lowest BCUT2D eigenvalue weighted by Crippen LogP contribution is -2.36. The third-order valence-electron chi connectivity index (χ3n) is 4.75. The van der Waals surface area contributed by atoms with Gasteiger partial charge in [-0.05, 0) is 5.56 Å². The number of hydrogen-bond donors (Lipinski definition) is 0. The van der Waals surface area contributed by atoms with Gasteiger partial charge in [0.25, 0.3) is 5.78 Å². The normalized spacial score (nSPS) is 26.5. The molecule has 0 saturated carbocycles. The highest BCUT2D eigenvalue weighted by molar-refractivity contribution is 6.40. The number of carbonyl (C=O) groups is 2. The molecule has 0 amide bonds. The third kappa shape index (κ3) is 3.93. The van der Waals surface area contributed by atoms with E-state index in [1.807, 2.05) is 30.3 Å². The Balaban J connectivity index is 1.32. The number of esters is 1. The van der Waals surface area contributed by atoms with Gasteiger partial charge in [-0.1, -0.05) is 60.7 Å². The molecule has 0 bridgehead atoms. The van der Waals surface area contributed by atoms with Crippen LogP contribution in [0.1, 0.15) is 15.9 Å². The first-order valence-corrected chi connectivity index (χ1v) is 8.91. The average molecular weight is 368 g/mol. The van der Waals surface area contributed by atoms with E-state index >= 15 is 0 Å². The van der Waals surface area contributed by atoms with E-state index < -0.39 is 24.0 Å². The molecule has 2 aliphatic rings. The summed E-state index contributed by atoms with van der Waals surface area (Å²) in [7, 11) is 0. The van der Waals surface area contributed by atoms with E-state index in [1.54, 1.807) is 30.3 Å². The molecule has 6 nitrogen and oxygen atoms in total. The van der Waals surface area contributed by atoms with E-state index in [-0.39, 0.29) is 18.8 Å². The van der Waals surface area contributed by atoms with Gasteiger partial charge in [-0.3, -0.25) is 4.79 Å². The summed E-state index contributed by atoms with van der Waals surface area (Å²) in [6.07, 6.45) is -1.57. The molecule has 0 spiro atoms. The summed E-state index contributed by atoms with van der Waals surface area (Å²) in [6.45, 7) is 1.01. The Kier molecular flexibility index (Phi) is 5.29. The molecular formula is C21H20O6. The summed E-state index contributed by atoms with van der Waals surface area (Å²) in [6, 6.07) is 18.2. The maximum atomic E-state index is 12.2. The summed E-state index contributed by atoms with van der Waals surface area (Å²) in [4.78, 5) is 24.3. The fourth-order valence-electron chi connectivity index (χ4n) is 3.35. The van der Waals surface area contributed by atoms with Crippen LogP contribution in [0.4, 0.5) is 0 Å². The molecule has 4 rings (SSSR count). The van der Waals surface area contributed by atoms with E-state index in [0.717, 1.165) is 5.56 Å². The molecule has 27 heavy (non-hydrogen) atoms. The van der Waals surface area contributed by atoms with Crippen molar-refractivity contribution in [1.29, 1.82) is 0 Å². The lowest BCUT2D eigenvalue weighted by molar-refractivity contribution is -0.148. The van der Waals surface area contributed by atoms with Crippen molar-refractivity contribution >= 4 is 11.8 Å². The van der Waals surface area contributed by atoms with Crippen molar-refractivity contribution in [3.05, 3.63) is 71.8 Å². The quantitative estimate of drug-likeness (QED) is 0.442. The van der Waals surface area contributed by atoms with Crippen LogP contribution in [0.25, 0.3) is 0 Å². The van der Waals surface area contributed by atoms with Crippen LogP contribution in [0, 0.1) is 0 Å². The van der Waals surface area contributed by atoms with Crippen molar-refractivity contribution in [2.75, 3.05) is 13.2 Å². The first kappa shape index (κ1) is 17.9. The van der Waals surface area contributed by atoms with Crippen molar-refractivity contribution in [2.45, 2.75) is 31.0 Å². The van der Waals surface area contributed by atoms with Crippen molar-refractivity contribution in [3.63, 3.8) is 0 Å². The fraction of sp³-hybridized carbons (Fsp3) is 0.333. The minimum Gasteiger partial charge on any atom is -0.451 e. The highest BCUT2D eigenvalue weighted by Gasteiger charge is 2.50. The first-order chi connectivity index (χ1) is 13.2. The summed E-state index contributed by atoms with van der Waals surface area (Å²) in [5.41, 5.74) is 1.37. The smallest absolute Gasteiger partial charge is 0.380 e. The van der Waals surface area contributed by atoms with Crippen LogP contribution in [-0.4, -0.2) is 49.4 Å². The average Bonchev–Trinajstić information content (AvgIpc) is 3.30. The summed E-state index contributed by atoms with van der Waals surface area (Å²) in [5, 5.41) is 0. The molecule has 2 aromatic carbocycles. The van der Waals surface area contributed by atoms with Crippen molar-refractivity contribution < 1.29 is 28.5 Å². The number of carbonyl (C=O) groups excluding carboxylic acids is 2. The molecule has 6 heteroatoms. The third-order valence-corrected chi connectivity index (χ3v) is 4.75. The Bertz CT molecular complexity index is 791. The van der Waals surface area contributed by atoms with Crippen LogP contribution in [0.5, 0.6) is 0 Å². The van der Waals surface area contributed by atoms with Gasteiger partial charge < -0.3 is 18.9 Å². The Morgan fingerprint density at radius 1 is 0.852 bits per heavy atom.